The van der Waals surface area contributed by atoms with Gasteiger partial charge in [0, 0.05) is 46.2 Å². The molecule has 0 fully saturated rings. The van der Waals surface area contributed by atoms with Gasteiger partial charge in [-0.25, -0.2) is 0 Å². The number of hydrogen-bond donors (Lipinski definition) is 0. The molecule has 67 heavy (non-hydrogen) atoms. The van der Waals surface area contributed by atoms with Gasteiger partial charge in [-0.2, -0.15) is 43.9 Å². The van der Waals surface area contributed by atoms with Crippen molar-refractivity contribution in [2.24, 2.45) is 0 Å². The van der Waals surface area contributed by atoms with Crippen LogP contribution in [0.1, 0.15) is 106 Å². The first-order valence-electron chi connectivity index (χ1n) is 22.2. The minimum absolute atomic E-state index is 0.154. The Hall–Kier alpha value is -5.66. The number of halogens is 10. The van der Waals surface area contributed by atoms with Crippen molar-refractivity contribution in [3.8, 4) is 11.5 Å². The minimum Gasteiger partial charge on any atom is -0.457 e. The molecule has 6 aromatic rings. The summed E-state index contributed by atoms with van der Waals surface area (Å²) in [5, 5.41) is 0. The van der Waals surface area contributed by atoms with E-state index in [1.807, 2.05) is 13.8 Å². The third kappa shape index (κ3) is 13.7. The lowest BCUT2D eigenvalue weighted by molar-refractivity contribution is -0.177. The van der Waals surface area contributed by atoms with Crippen LogP contribution >= 0.6 is 0 Å². The summed E-state index contributed by atoms with van der Waals surface area (Å²) in [6.45, 7) is -1.15. The molecule has 0 amide bonds. The summed E-state index contributed by atoms with van der Waals surface area (Å²) in [6.07, 6.45) is -5.32. The van der Waals surface area contributed by atoms with E-state index in [1.54, 1.807) is 84.9 Å². The highest BCUT2D eigenvalue weighted by atomic mass is 19.4. The molecule has 0 aromatic heterocycles. The van der Waals surface area contributed by atoms with Crippen LogP contribution in [0.2, 0.25) is 0 Å². The Bertz CT molecular complexity index is 2310. The van der Waals surface area contributed by atoms with Crippen molar-refractivity contribution in [1.82, 2.24) is 0 Å². The van der Waals surface area contributed by atoms with Crippen LogP contribution in [0.5, 0.6) is 11.5 Å². The number of rotatable bonds is 22. The second-order valence-electron chi connectivity index (χ2n) is 16.5. The van der Waals surface area contributed by atoms with Gasteiger partial charge in [-0.05, 0) is 71.2 Å². The van der Waals surface area contributed by atoms with Gasteiger partial charge in [0.1, 0.15) is 24.7 Å². The van der Waals surface area contributed by atoms with Gasteiger partial charge in [0.15, 0.2) is 0 Å². The molecule has 0 spiro atoms. The summed E-state index contributed by atoms with van der Waals surface area (Å²) in [5.41, 5.74) is -0.452. The highest BCUT2D eigenvalue weighted by Crippen LogP contribution is 2.48. The number of ether oxygens (including phenoxy) is 3. The molecule has 356 valence electrons. The van der Waals surface area contributed by atoms with E-state index >= 15 is 17.6 Å². The Balaban J connectivity index is 1.59. The Labute approximate surface area is 384 Å². The molecular formula is C54H52F10O3. The molecule has 13 heteroatoms. The van der Waals surface area contributed by atoms with E-state index in [0.29, 0.717) is 24.0 Å². The Morgan fingerprint density at radius 1 is 0.403 bits per heavy atom. The fraction of sp³-hybridized carbons (Fsp3) is 0.333. The predicted molar refractivity (Wildman–Crippen MR) is 239 cm³/mol. The first-order valence-corrected chi connectivity index (χ1v) is 22.2. The SMILES string of the molecule is CCCCc1ccc(C(F)(F)c2c(COCC(F)(F)F)ccc(Oc3ccc(COCC(F)(F)F)c(C(F)(F)c4ccc(CCCC)cc4)c3Cc3ccccc3)c2Cc2ccccc2)cc1. The van der Waals surface area contributed by atoms with Gasteiger partial charge in [-0.3, -0.25) is 0 Å². The van der Waals surface area contributed by atoms with Crippen molar-refractivity contribution < 1.29 is 58.1 Å². The molecule has 0 aliphatic heterocycles. The van der Waals surface area contributed by atoms with E-state index in [1.165, 1.54) is 48.5 Å². The van der Waals surface area contributed by atoms with Crippen molar-refractivity contribution in [1.29, 1.82) is 0 Å². The van der Waals surface area contributed by atoms with Crippen LogP contribution in [-0.2, 0) is 60.2 Å². The number of hydrogen-bond acceptors (Lipinski definition) is 3. The molecule has 6 aromatic carbocycles. The van der Waals surface area contributed by atoms with Gasteiger partial charge >= 0.3 is 12.4 Å². The van der Waals surface area contributed by atoms with E-state index in [4.69, 9.17) is 14.2 Å². The summed E-state index contributed by atoms with van der Waals surface area (Å²) in [7, 11) is 0. The first kappa shape index (κ1) is 50.7. The lowest BCUT2D eigenvalue weighted by atomic mass is 9.86. The second-order valence-corrected chi connectivity index (χ2v) is 16.5. The monoisotopic (exact) mass is 938 g/mol. The normalized spacial score (nSPS) is 12.4. The molecule has 0 aliphatic carbocycles. The molecule has 6 rings (SSSR count). The van der Waals surface area contributed by atoms with Gasteiger partial charge in [0.25, 0.3) is 11.8 Å². The molecule has 0 N–H and O–H groups in total. The van der Waals surface area contributed by atoms with E-state index in [0.717, 1.165) is 36.8 Å². The minimum atomic E-state index is -4.76. The molecule has 0 heterocycles. The second kappa shape index (κ2) is 22.4. The topological polar surface area (TPSA) is 27.7 Å². The quantitative estimate of drug-likeness (QED) is 0.0635. The van der Waals surface area contributed by atoms with Crippen molar-refractivity contribution in [2.45, 2.75) is 103 Å². The zero-order chi connectivity index (χ0) is 48.2. The van der Waals surface area contributed by atoms with Crippen molar-refractivity contribution in [3.05, 3.63) is 200 Å². The van der Waals surface area contributed by atoms with Crippen LogP contribution in [0, 0.1) is 0 Å². The molecule has 0 bridgehead atoms. The van der Waals surface area contributed by atoms with Gasteiger partial charge in [0.2, 0.25) is 0 Å². The maximum atomic E-state index is 17.5. The van der Waals surface area contributed by atoms with E-state index in [-0.39, 0.29) is 46.6 Å². The largest absolute Gasteiger partial charge is 0.457 e. The van der Waals surface area contributed by atoms with Crippen LogP contribution < -0.4 is 4.74 Å². The summed E-state index contributed by atoms with van der Waals surface area (Å²) < 4.78 is 167. The van der Waals surface area contributed by atoms with Gasteiger partial charge in [-0.1, -0.05) is 148 Å². The maximum Gasteiger partial charge on any atom is 0.411 e. The average Bonchev–Trinajstić information content (AvgIpc) is 3.29. The lowest BCUT2D eigenvalue weighted by Gasteiger charge is -2.28. The molecule has 0 aliphatic rings. The zero-order valence-corrected chi connectivity index (χ0v) is 37.2. The number of unbranched alkanes of at least 4 members (excludes halogenated alkanes) is 2. The van der Waals surface area contributed by atoms with E-state index < -0.39 is 72.9 Å². The van der Waals surface area contributed by atoms with Crippen LogP contribution in [0.25, 0.3) is 0 Å². The van der Waals surface area contributed by atoms with Crippen molar-refractivity contribution in [2.75, 3.05) is 13.2 Å². The Morgan fingerprint density at radius 3 is 1.09 bits per heavy atom. The first-order chi connectivity index (χ1) is 31.9. The highest BCUT2D eigenvalue weighted by molar-refractivity contribution is 5.57. The van der Waals surface area contributed by atoms with Crippen molar-refractivity contribution in [3.63, 3.8) is 0 Å². The predicted octanol–water partition coefficient (Wildman–Crippen LogP) is 15.8. The number of aryl methyl sites for hydroxylation is 2. The third-order valence-corrected chi connectivity index (χ3v) is 11.3. The fourth-order valence-corrected chi connectivity index (χ4v) is 8.00. The average molecular weight is 939 g/mol. The van der Waals surface area contributed by atoms with Gasteiger partial charge in [-0.15, -0.1) is 0 Å². The van der Waals surface area contributed by atoms with Crippen LogP contribution in [0.15, 0.2) is 133 Å². The Kier molecular flexibility index (Phi) is 17.0. The summed E-state index contributed by atoms with van der Waals surface area (Å²) >= 11 is 0. The van der Waals surface area contributed by atoms with E-state index in [9.17, 15) is 26.3 Å². The molecule has 0 saturated carbocycles. The highest BCUT2D eigenvalue weighted by Gasteiger charge is 2.42. The van der Waals surface area contributed by atoms with Gasteiger partial charge in [0.05, 0.1) is 13.2 Å². The molecule has 0 unspecified atom stereocenters. The summed E-state index contributed by atoms with van der Waals surface area (Å²) in [6, 6.07) is 33.2. The molecule has 0 radical (unpaired) electrons. The standard InChI is InChI=1S/C54H52F10O3/c1-3-5-13-37-19-25-43(26-20-37)53(61,62)49-41(33-65-35-51(55,56)57)23-29-47(45(49)31-39-15-9-7-10-16-39)67-48-30-24-42(34-66-36-52(58,59)60)50(46(48)32-40-17-11-8-12-18-40)54(63,64)44-27-21-38(22-28-44)14-6-4-2/h7-12,15-30H,3-6,13-14,31-36H2,1-2H3. The van der Waals surface area contributed by atoms with Crippen LogP contribution in [0.4, 0.5) is 43.9 Å². The molecular weight excluding hydrogens is 887 g/mol. The smallest absolute Gasteiger partial charge is 0.411 e. The third-order valence-electron chi connectivity index (χ3n) is 11.3. The molecule has 0 saturated heterocycles. The van der Waals surface area contributed by atoms with E-state index in [2.05, 4.69) is 0 Å². The van der Waals surface area contributed by atoms with Crippen LogP contribution in [0.3, 0.4) is 0 Å². The van der Waals surface area contributed by atoms with Gasteiger partial charge < -0.3 is 14.2 Å². The molecule has 0 atom stereocenters. The summed E-state index contributed by atoms with van der Waals surface area (Å²) in [4.78, 5) is 0. The number of benzene rings is 6. The molecule has 3 nitrogen and oxygen atoms in total. The summed E-state index contributed by atoms with van der Waals surface area (Å²) in [5.74, 6) is -8.17. The lowest BCUT2D eigenvalue weighted by Crippen LogP contribution is -2.23. The fourth-order valence-electron chi connectivity index (χ4n) is 8.00. The van der Waals surface area contributed by atoms with Crippen molar-refractivity contribution >= 4 is 0 Å². The van der Waals surface area contributed by atoms with Crippen LogP contribution in [-0.4, -0.2) is 25.6 Å². The zero-order valence-electron chi connectivity index (χ0n) is 37.2. The maximum absolute atomic E-state index is 17.5. The Morgan fingerprint density at radius 2 is 0.761 bits per heavy atom. The number of alkyl halides is 10.